The summed E-state index contributed by atoms with van der Waals surface area (Å²) in [5.74, 6) is 0.281. The third-order valence-electron chi connectivity index (χ3n) is 2.77. The van der Waals surface area contributed by atoms with E-state index in [4.69, 9.17) is 0 Å². The van der Waals surface area contributed by atoms with Crippen molar-refractivity contribution in [2.24, 2.45) is 0 Å². The second-order valence-electron chi connectivity index (χ2n) is 4.21. The van der Waals surface area contributed by atoms with Crippen LogP contribution in [-0.2, 0) is 4.79 Å². The molecule has 0 spiro atoms. The van der Waals surface area contributed by atoms with E-state index in [0.717, 1.165) is 24.3 Å². The molecule has 0 bridgehead atoms. The van der Waals surface area contributed by atoms with Gasteiger partial charge in [-0.3, -0.25) is 9.10 Å². The van der Waals surface area contributed by atoms with Gasteiger partial charge in [-0.15, -0.1) is 0 Å². The summed E-state index contributed by atoms with van der Waals surface area (Å²) in [6.07, 6.45) is 4.06. The van der Waals surface area contributed by atoms with Gasteiger partial charge in [0.25, 0.3) is 0 Å². The fraction of sp³-hybridized carbons (Fsp3) is 0.462. The summed E-state index contributed by atoms with van der Waals surface area (Å²) in [7, 11) is 0. The highest BCUT2D eigenvalue weighted by atomic mass is 32.2. The molecule has 1 heterocycles. The van der Waals surface area contributed by atoms with E-state index in [1.54, 1.807) is 11.9 Å². The lowest BCUT2D eigenvalue weighted by atomic mass is 10.2. The smallest absolute Gasteiger partial charge is 0.232 e. The van der Waals surface area contributed by atoms with Crippen LogP contribution in [0, 0.1) is 6.92 Å². The number of hydrogen-bond acceptors (Lipinski definition) is 2. The lowest BCUT2D eigenvalue weighted by Gasteiger charge is -2.18. The van der Waals surface area contributed by atoms with Gasteiger partial charge in [-0.2, -0.15) is 0 Å². The van der Waals surface area contributed by atoms with Crippen LogP contribution in [0.1, 0.15) is 31.2 Å². The second kappa shape index (κ2) is 5.39. The molecule has 16 heavy (non-hydrogen) atoms. The van der Waals surface area contributed by atoms with Crippen molar-refractivity contribution < 1.29 is 4.79 Å². The van der Waals surface area contributed by atoms with Gasteiger partial charge in [-0.1, -0.05) is 24.1 Å². The van der Waals surface area contributed by atoms with E-state index >= 15 is 0 Å². The predicted molar refractivity (Wildman–Crippen MR) is 67.2 cm³/mol. The molecule has 86 valence electrons. The molecule has 0 N–H and O–H groups in total. The van der Waals surface area contributed by atoms with E-state index in [9.17, 15) is 4.79 Å². The molecule has 1 aromatic carbocycles. The molecular weight excluding hydrogens is 218 g/mol. The number of carbonyl (C=O) groups excluding carboxylic acids is 1. The molecule has 1 saturated heterocycles. The third kappa shape index (κ3) is 3.01. The summed E-state index contributed by atoms with van der Waals surface area (Å²) in [6.45, 7) is 2.96. The fourth-order valence-electron chi connectivity index (χ4n) is 1.78. The van der Waals surface area contributed by atoms with Crippen molar-refractivity contribution in [2.75, 3.05) is 6.54 Å². The van der Waals surface area contributed by atoms with Gasteiger partial charge in [-0.05, 0) is 43.8 Å². The normalized spacial score (nSPS) is 17.3. The van der Waals surface area contributed by atoms with E-state index in [2.05, 4.69) is 31.2 Å². The molecule has 0 radical (unpaired) electrons. The van der Waals surface area contributed by atoms with Crippen molar-refractivity contribution in [3.8, 4) is 0 Å². The average Bonchev–Trinajstić information content (AvgIpc) is 2.48. The van der Waals surface area contributed by atoms with Crippen LogP contribution >= 0.6 is 11.9 Å². The van der Waals surface area contributed by atoms with E-state index in [-0.39, 0.29) is 5.91 Å². The van der Waals surface area contributed by atoms with Gasteiger partial charge < -0.3 is 0 Å². The molecule has 1 aliphatic rings. The number of rotatable bonds is 2. The number of nitrogens with zero attached hydrogens (tertiary/aromatic N) is 1. The Hall–Kier alpha value is -0.960. The fourth-order valence-corrected chi connectivity index (χ4v) is 2.71. The quantitative estimate of drug-likeness (QED) is 0.732. The van der Waals surface area contributed by atoms with Crippen LogP contribution in [0.3, 0.4) is 0 Å². The number of carbonyl (C=O) groups is 1. The first kappa shape index (κ1) is 11.5. The van der Waals surface area contributed by atoms with Crippen LogP contribution in [0.2, 0.25) is 0 Å². The number of aryl methyl sites for hydroxylation is 1. The molecule has 0 aromatic heterocycles. The Kier molecular flexibility index (Phi) is 3.88. The van der Waals surface area contributed by atoms with Crippen LogP contribution in [0.4, 0.5) is 0 Å². The van der Waals surface area contributed by atoms with Crippen LogP contribution in [0.25, 0.3) is 0 Å². The van der Waals surface area contributed by atoms with E-state index in [1.165, 1.54) is 12.0 Å². The maximum Gasteiger partial charge on any atom is 0.232 e. The zero-order valence-electron chi connectivity index (χ0n) is 9.61. The molecule has 2 nitrogen and oxygen atoms in total. The largest absolute Gasteiger partial charge is 0.282 e. The van der Waals surface area contributed by atoms with Crippen molar-refractivity contribution in [1.29, 1.82) is 0 Å². The number of hydrogen-bond donors (Lipinski definition) is 0. The minimum atomic E-state index is 0.281. The lowest BCUT2D eigenvalue weighted by molar-refractivity contribution is -0.125. The predicted octanol–water partition coefficient (Wildman–Crippen LogP) is 3.40. The van der Waals surface area contributed by atoms with Gasteiger partial charge in [0, 0.05) is 17.9 Å². The first-order chi connectivity index (χ1) is 7.75. The van der Waals surface area contributed by atoms with E-state index in [0.29, 0.717) is 6.42 Å². The summed E-state index contributed by atoms with van der Waals surface area (Å²) in [5.41, 5.74) is 1.26. The molecule has 1 fully saturated rings. The number of benzene rings is 1. The maximum absolute atomic E-state index is 11.8. The standard InChI is InChI=1S/C13H17NOS/c1-11-6-8-12(9-7-11)16-14-10-4-2-3-5-13(14)15/h6-9H,2-5,10H2,1H3. The van der Waals surface area contributed by atoms with Gasteiger partial charge in [0.2, 0.25) is 5.91 Å². The van der Waals surface area contributed by atoms with Gasteiger partial charge in [-0.25, -0.2) is 0 Å². The molecule has 1 aliphatic heterocycles. The monoisotopic (exact) mass is 235 g/mol. The van der Waals surface area contributed by atoms with Crippen molar-refractivity contribution in [3.05, 3.63) is 29.8 Å². The maximum atomic E-state index is 11.8. The first-order valence-corrected chi connectivity index (χ1v) is 6.58. The Labute approximate surface area is 101 Å². The summed E-state index contributed by atoms with van der Waals surface area (Å²) in [4.78, 5) is 12.9. The van der Waals surface area contributed by atoms with Crippen LogP contribution in [0.5, 0.6) is 0 Å². The zero-order valence-corrected chi connectivity index (χ0v) is 10.4. The molecule has 1 amide bonds. The van der Waals surface area contributed by atoms with Crippen molar-refractivity contribution in [1.82, 2.24) is 4.31 Å². The highest BCUT2D eigenvalue weighted by molar-refractivity contribution is 7.97. The Bertz CT molecular complexity index is 361. The molecular formula is C13H17NOS. The topological polar surface area (TPSA) is 20.3 Å². The van der Waals surface area contributed by atoms with Gasteiger partial charge >= 0.3 is 0 Å². The average molecular weight is 235 g/mol. The molecule has 0 atom stereocenters. The highest BCUT2D eigenvalue weighted by Crippen LogP contribution is 2.26. The molecule has 0 saturated carbocycles. The lowest BCUT2D eigenvalue weighted by Crippen LogP contribution is -2.22. The second-order valence-corrected chi connectivity index (χ2v) is 5.31. The summed E-state index contributed by atoms with van der Waals surface area (Å²) in [6, 6.07) is 8.34. The highest BCUT2D eigenvalue weighted by Gasteiger charge is 2.17. The Morgan fingerprint density at radius 1 is 1.12 bits per heavy atom. The SMILES string of the molecule is Cc1ccc(SN2CCCCCC2=O)cc1. The Balaban J connectivity index is 2.02. The van der Waals surface area contributed by atoms with Gasteiger partial charge in [0.15, 0.2) is 0 Å². The molecule has 0 aliphatic carbocycles. The van der Waals surface area contributed by atoms with Crippen molar-refractivity contribution >= 4 is 17.9 Å². The Morgan fingerprint density at radius 2 is 1.88 bits per heavy atom. The van der Waals surface area contributed by atoms with Crippen molar-refractivity contribution in [2.45, 2.75) is 37.5 Å². The molecule has 2 rings (SSSR count). The molecule has 3 heteroatoms. The third-order valence-corrected chi connectivity index (χ3v) is 3.86. The zero-order chi connectivity index (χ0) is 11.4. The number of amides is 1. The molecule has 0 unspecified atom stereocenters. The Morgan fingerprint density at radius 3 is 2.62 bits per heavy atom. The van der Waals surface area contributed by atoms with E-state index < -0.39 is 0 Å². The minimum absolute atomic E-state index is 0.281. The van der Waals surface area contributed by atoms with Gasteiger partial charge in [0.1, 0.15) is 0 Å². The summed E-state index contributed by atoms with van der Waals surface area (Å²) >= 11 is 1.58. The summed E-state index contributed by atoms with van der Waals surface area (Å²) in [5, 5.41) is 0. The van der Waals surface area contributed by atoms with Gasteiger partial charge in [0.05, 0.1) is 0 Å². The van der Waals surface area contributed by atoms with Crippen LogP contribution in [0.15, 0.2) is 29.2 Å². The first-order valence-electron chi connectivity index (χ1n) is 5.81. The van der Waals surface area contributed by atoms with Crippen LogP contribution < -0.4 is 0 Å². The minimum Gasteiger partial charge on any atom is -0.282 e. The van der Waals surface area contributed by atoms with Crippen LogP contribution in [-0.4, -0.2) is 16.8 Å². The summed E-state index contributed by atoms with van der Waals surface area (Å²) < 4.78 is 1.91. The van der Waals surface area contributed by atoms with E-state index in [1.807, 2.05) is 4.31 Å². The molecule has 1 aromatic rings. The van der Waals surface area contributed by atoms with Crippen molar-refractivity contribution in [3.63, 3.8) is 0 Å².